The number of rotatable bonds is 6. The molecule has 192 valence electrons. The molecule has 35 heavy (non-hydrogen) atoms. The molecule has 12 heteroatoms. The molecule has 0 spiro atoms. The van der Waals surface area contributed by atoms with E-state index >= 15 is 0 Å². The SMILES string of the molecule is CC.CC.CC(=O)NC[C@H]1CN(c2ccc(-c3ccc(N=C(N)NN(C)N)nc3)c(F)c2)C(=O)O1. The lowest BCUT2D eigenvalue weighted by Crippen LogP contribution is -2.47. The van der Waals surface area contributed by atoms with Gasteiger partial charge in [-0.3, -0.25) is 21.0 Å². The number of nitrogens with one attached hydrogen (secondary N) is 2. The Labute approximate surface area is 205 Å². The highest BCUT2D eigenvalue weighted by molar-refractivity contribution is 5.90. The van der Waals surface area contributed by atoms with Crippen LogP contribution in [0.15, 0.2) is 41.5 Å². The number of aliphatic imine (C=N–C) groups is 1. The standard InChI is InChI=1S/C19H23FN8O3.2C2H6/c1-11(29)23-9-14-10-28(19(30)31-14)13-4-5-15(16(20)7-13)12-3-6-17(24-8-12)25-18(21)26-27(2)22;2*1-2/h3-8,14H,9-10,22H2,1-2H3,(H,23,29)(H3,21,24,25,26);2*1-2H3/t14-;;/m0../s1. The quantitative estimate of drug-likeness (QED) is 0.209. The average Bonchev–Trinajstić information content (AvgIpc) is 3.21. The summed E-state index contributed by atoms with van der Waals surface area (Å²) in [5, 5.41) is 3.74. The highest BCUT2D eigenvalue weighted by atomic mass is 19.1. The highest BCUT2D eigenvalue weighted by Crippen LogP contribution is 2.29. The molecule has 2 heterocycles. The second-order valence-electron chi connectivity index (χ2n) is 6.84. The molecule has 2 amide bonds. The number of pyridine rings is 1. The third-order valence-corrected chi connectivity index (χ3v) is 4.30. The second kappa shape index (κ2) is 14.5. The molecule has 1 fully saturated rings. The number of hydrogen-bond acceptors (Lipinski definition) is 7. The number of cyclic esters (lactones) is 1. The van der Waals surface area contributed by atoms with Crippen LogP contribution in [0.3, 0.4) is 0 Å². The Morgan fingerprint density at radius 2 is 1.97 bits per heavy atom. The van der Waals surface area contributed by atoms with E-state index in [1.807, 2.05) is 27.7 Å². The number of nitrogens with zero attached hydrogens (tertiary/aromatic N) is 4. The molecule has 1 aliphatic heterocycles. The van der Waals surface area contributed by atoms with Crippen molar-refractivity contribution in [3.05, 3.63) is 42.3 Å². The Bertz CT molecular complexity index is 999. The summed E-state index contributed by atoms with van der Waals surface area (Å²) in [5.74, 6) is 5.03. The van der Waals surface area contributed by atoms with E-state index in [0.717, 1.165) is 5.12 Å². The number of hydrazine groups is 2. The Hall–Kier alpha value is -3.77. The molecule has 1 aromatic carbocycles. The zero-order valence-corrected chi connectivity index (χ0v) is 21.0. The van der Waals surface area contributed by atoms with Crippen LogP contribution >= 0.6 is 0 Å². The molecule has 11 nitrogen and oxygen atoms in total. The van der Waals surface area contributed by atoms with Crippen LogP contribution in [0.2, 0.25) is 0 Å². The fourth-order valence-corrected chi connectivity index (χ4v) is 2.94. The molecule has 0 bridgehead atoms. The number of aromatic nitrogens is 1. The summed E-state index contributed by atoms with van der Waals surface area (Å²) in [6.07, 6.45) is 0.363. The predicted molar refractivity (Wildman–Crippen MR) is 135 cm³/mol. The Morgan fingerprint density at radius 3 is 2.51 bits per heavy atom. The largest absolute Gasteiger partial charge is 0.442 e. The number of hydrogen-bond donors (Lipinski definition) is 4. The Kier molecular flexibility index (Phi) is 12.1. The number of halogens is 1. The molecule has 1 saturated heterocycles. The van der Waals surface area contributed by atoms with Gasteiger partial charge in [0.15, 0.2) is 5.82 Å². The van der Waals surface area contributed by atoms with Crippen molar-refractivity contribution in [1.82, 2.24) is 20.8 Å². The van der Waals surface area contributed by atoms with Gasteiger partial charge in [0.25, 0.3) is 0 Å². The predicted octanol–water partition coefficient (Wildman–Crippen LogP) is 2.66. The summed E-state index contributed by atoms with van der Waals surface area (Å²) in [5.41, 5.74) is 9.43. The van der Waals surface area contributed by atoms with E-state index in [2.05, 4.69) is 20.7 Å². The molecule has 1 aromatic heterocycles. The van der Waals surface area contributed by atoms with Gasteiger partial charge in [-0.25, -0.2) is 14.2 Å². The number of amides is 2. The minimum absolute atomic E-state index is 0.0510. The molecule has 0 saturated carbocycles. The number of benzene rings is 1. The summed E-state index contributed by atoms with van der Waals surface area (Å²) in [4.78, 5) is 32.6. The normalized spacial score (nSPS) is 14.9. The zero-order valence-electron chi connectivity index (χ0n) is 21.0. The lowest BCUT2D eigenvalue weighted by Gasteiger charge is -2.14. The van der Waals surface area contributed by atoms with Crippen molar-refractivity contribution in [2.75, 3.05) is 25.0 Å². The van der Waals surface area contributed by atoms with Gasteiger partial charge in [-0.05, 0) is 30.3 Å². The smallest absolute Gasteiger partial charge is 0.414 e. The van der Waals surface area contributed by atoms with Crippen molar-refractivity contribution >= 4 is 29.5 Å². The van der Waals surface area contributed by atoms with E-state index in [-0.39, 0.29) is 25.0 Å². The maximum Gasteiger partial charge on any atom is 0.414 e. The third-order valence-electron chi connectivity index (χ3n) is 4.30. The Balaban J connectivity index is 0.00000145. The van der Waals surface area contributed by atoms with Crippen LogP contribution in [0, 0.1) is 5.82 Å². The van der Waals surface area contributed by atoms with Crippen molar-refractivity contribution in [3.8, 4) is 11.1 Å². The fraction of sp³-hybridized carbons (Fsp3) is 0.391. The van der Waals surface area contributed by atoms with E-state index in [1.54, 1.807) is 31.3 Å². The van der Waals surface area contributed by atoms with Crippen LogP contribution in [-0.4, -0.2) is 54.3 Å². The number of nitrogens with two attached hydrogens (primary N) is 2. The molecule has 1 atom stereocenters. The van der Waals surface area contributed by atoms with Gasteiger partial charge < -0.3 is 15.8 Å². The van der Waals surface area contributed by atoms with Crippen LogP contribution in [0.1, 0.15) is 34.6 Å². The molecular weight excluding hydrogens is 455 g/mol. The first kappa shape index (κ1) is 29.3. The average molecular weight is 491 g/mol. The first-order chi connectivity index (χ1) is 16.7. The maximum atomic E-state index is 14.8. The molecule has 3 rings (SSSR count). The maximum absolute atomic E-state index is 14.8. The fourth-order valence-electron chi connectivity index (χ4n) is 2.94. The number of anilines is 1. The van der Waals surface area contributed by atoms with Crippen LogP contribution in [0.5, 0.6) is 0 Å². The van der Waals surface area contributed by atoms with E-state index in [4.69, 9.17) is 16.3 Å². The number of carbonyl (C=O) groups excluding carboxylic acids is 2. The lowest BCUT2D eigenvalue weighted by atomic mass is 10.1. The number of guanidine groups is 1. The van der Waals surface area contributed by atoms with E-state index in [1.165, 1.54) is 24.1 Å². The van der Waals surface area contributed by atoms with Gasteiger partial charge in [0.2, 0.25) is 11.9 Å². The van der Waals surface area contributed by atoms with Crippen LogP contribution in [0.4, 0.5) is 20.7 Å². The highest BCUT2D eigenvalue weighted by Gasteiger charge is 2.32. The summed E-state index contributed by atoms with van der Waals surface area (Å²) < 4.78 is 20.0. The van der Waals surface area contributed by atoms with Gasteiger partial charge in [0.05, 0.1) is 18.8 Å². The Morgan fingerprint density at radius 1 is 1.29 bits per heavy atom. The zero-order chi connectivity index (χ0) is 26.5. The topological polar surface area (TPSA) is 151 Å². The lowest BCUT2D eigenvalue weighted by molar-refractivity contribution is -0.119. The molecule has 1 aliphatic rings. The molecule has 0 radical (unpaired) electrons. The van der Waals surface area contributed by atoms with Crippen molar-refractivity contribution < 1.29 is 18.7 Å². The van der Waals surface area contributed by atoms with Gasteiger partial charge in [-0.1, -0.05) is 27.7 Å². The van der Waals surface area contributed by atoms with Crippen molar-refractivity contribution in [2.45, 2.75) is 40.7 Å². The molecule has 6 N–H and O–H groups in total. The van der Waals surface area contributed by atoms with Crippen LogP contribution < -0.4 is 27.2 Å². The van der Waals surface area contributed by atoms with E-state index in [0.29, 0.717) is 22.6 Å². The van der Waals surface area contributed by atoms with Crippen molar-refractivity contribution in [3.63, 3.8) is 0 Å². The third kappa shape index (κ3) is 8.83. The van der Waals surface area contributed by atoms with Crippen LogP contribution in [-0.2, 0) is 9.53 Å². The first-order valence-electron chi connectivity index (χ1n) is 11.3. The molecule has 0 aliphatic carbocycles. The number of carbonyl (C=O) groups is 2. The van der Waals surface area contributed by atoms with Crippen LogP contribution in [0.25, 0.3) is 11.1 Å². The summed E-state index contributed by atoms with van der Waals surface area (Å²) >= 11 is 0. The van der Waals surface area contributed by atoms with E-state index in [9.17, 15) is 14.0 Å². The first-order valence-corrected chi connectivity index (χ1v) is 11.3. The molecule has 0 unspecified atom stereocenters. The number of ether oxygens (including phenoxy) is 1. The van der Waals surface area contributed by atoms with Gasteiger partial charge in [-0.2, -0.15) is 10.1 Å². The second-order valence-corrected chi connectivity index (χ2v) is 6.84. The summed E-state index contributed by atoms with van der Waals surface area (Å²) in [6, 6.07) is 7.65. The van der Waals surface area contributed by atoms with Crippen molar-refractivity contribution in [1.29, 1.82) is 0 Å². The van der Waals surface area contributed by atoms with Gasteiger partial charge >= 0.3 is 6.09 Å². The van der Waals surface area contributed by atoms with Gasteiger partial charge in [0.1, 0.15) is 11.9 Å². The summed E-state index contributed by atoms with van der Waals surface area (Å²) in [7, 11) is 1.55. The molecular formula is C23H35FN8O3. The van der Waals surface area contributed by atoms with Gasteiger partial charge in [-0.15, -0.1) is 0 Å². The minimum Gasteiger partial charge on any atom is -0.442 e. The van der Waals surface area contributed by atoms with Gasteiger partial charge in [0, 0.05) is 31.3 Å². The summed E-state index contributed by atoms with van der Waals surface area (Å²) in [6.45, 7) is 9.78. The molecule has 2 aromatic rings. The minimum atomic E-state index is -0.597. The van der Waals surface area contributed by atoms with E-state index < -0.39 is 18.0 Å². The van der Waals surface area contributed by atoms with Crippen molar-refractivity contribution in [2.24, 2.45) is 16.6 Å². The monoisotopic (exact) mass is 490 g/mol.